The highest BCUT2D eigenvalue weighted by atomic mass is 19.1. The largest absolute Gasteiger partial charge is 0.392 e. The Labute approximate surface area is 115 Å². The van der Waals surface area contributed by atoms with Crippen molar-refractivity contribution in [3.8, 4) is 0 Å². The molecule has 5 nitrogen and oxygen atoms in total. The van der Waals surface area contributed by atoms with E-state index >= 15 is 0 Å². The second kappa shape index (κ2) is 5.66. The third-order valence-electron chi connectivity index (χ3n) is 3.00. The van der Waals surface area contributed by atoms with Gasteiger partial charge in [-0.25, -0.2) is 4.39 Å². The minimum absolute atomic E-state index is 0.0922. The van der Waals surface area contributed by atoms with Crippen molar-refractivity contribution in [1.82, 2.24) is 0 Å². The molecular weight excluding hydrogens is 263 g/mol. The molecule has 0 unspecified atom stereocenters. The van der Waals surface area contributed by atoms with E-state index in [0.29, 0.717) is 16.9 Å². The molecule has 0 aromatic heterocycles. The molecule has 6 heteroatoms. The Balaban J connectivity index is 2.44. The number of nitrogens with zero attached hydrogens (tertiary/aromatic N) is 2. The average Bonchev–Trinajstić information content (AvgIpc) is 2.45. The SMILES string of the molecule is CN(c1cccc(F)c1)c1ccc([N+](=O)[O-])cc1CO. The van der Waals surface area contributed by atoms with Crippen LogP contribution in [0.3, 0.4) is 0 Å². The number of non-ortho nitro benzene ring substituents is 1. The maximum atomic E-state index is 13.2. The number of halogens is 1. The Morgan fingerprint density at radius 1 is 1.30 bits per heavy atom. The van der Waals surface area contributed by atoms with Crippen LogP contribution in [0.5, 0.6) is 0 Å². The van der Waals surface area contributed by atoms with E-state index in [4.69, 9.17) is 0 Å². The van der Waals surface area contributed by atoms with Crippen LogP contribution >= 0.6 is 0 Å². The van der Waals surface area contributed by atoms with Crippen LogP contribution in [-0.2, 0) is 6.61 Å². The maximum absolute atomic E-state index is 13.2. The van der Waals surface area contributed by atoms with Gasteiger partial charge in [0.2, 0.25) is 0 Å². The first-order valence-electron chi connectivity index (χ1n) is 5.90. The van der Waals surface area contributed by atoms with Gasteiger partial charge >= 0.3 is 0 Å². The lowest BCUT2D eigenvalue weighted by Gasteiger charge is -2.22. The lowest BCUT2D eigenvalue weighted by Crippen LogP contribution is -2.12. The zero-order valence-corrected chi connectivity index (χ0v) is 10.8. The van der Waals surface area contributed by atoms with Crippen LogP contribution in [0.15, 0.2) is 42.5 Å². The van der Waals surface area contributed by atoms with Gasteiger partial charge in [-0.3, -0.25) is 10.1 Å². The molecule has 0 heterocycles. The maximum Gasteiger partial charge on any atom is 0.269 e. The smallest absolute Gasteiger partial charge is 0.269 e. The zero-order valence-electron chi connectivity index (χ0n) is 10.8. The third kappa shape index (κ3) is 2.75. The number of rotatable bonds is 4. The van der Waals surface area contributed by atoms with Crippen molar-refractivity contribution in [3.63, 3.8) is 0 Å². The summed E-state index contributed by atoms with van der Waals surface area (Å²) in [4.78, 5) is 11.9. The van der Waals surface area contributed by atoms with Gasteiger partial charge in [0.25, 0.3) is 5.69 Å². The monoisotopic (exact) mass is 276 g/mol. The molecule has 0 bridgehead atoms. The van der Waals surface area contributed by atoms with E-state index in [1.165, 1.54) is 30.3 Å². The number of hydrogen-bond donors (Lipinski definition) is 1. The van der Waals surface area contributed by atoms with E-state index in [-0.39, 0.29) is 18.1 Å². The Kier molecular flexibility index (Phi) is 3.95. The lowest BCUT2D eigenvalue weighted by atomic mass is 10.1. The molecule has 0 aliphatic rings. The summed E-state index contributed by atoms with van der Waals surface area (Å²) in [6.45, 7) is -0.337. The topological polar surface area (TPSA) is 66.6 Å². The van der Waals surface area contributed by atoms with Crippen molar-refractivity contribution in [2.24, 2.45) is 0 Å². The zero-order chi connectivity index (χ0) is 14.7. The molecule has 2 aromatic rings. The van der Waals surface area contributed by atoms with E-state index in [9.17, 15) is 19.6 Å². The standard InChI is InChI=1S/C14H13FN2O3/c1-16(12-4-2-3-11(15)8-12)14-6-5-13(17(19)20)7-10(14)9-18/h2-8,18H,9H2,1H3. The van der Waals surface area contributed by atoms with Crippen molar-refractivity contribution >= 4 is 17.1 Å². The van der Waals surface area contributed by atoms with Crippen molar-refractivity contribution < 1.29 is 14.4 Å². The summed E-state index contributed by atoms with van der Waals surface area (Å²) in [5, 5.41) is 20.1. The van der Waals surface area contributed by atoms with Crippen molar-refractivity contribution in [1.29, 1.82) is 0 Å². The summed E-state index contributed by atoms with van der Waals surface area (Å²) >= 11 is 0. The first-order chi connectivity index (χ1) is 9.52. The van der Waals surface area contributed by atoms with Gasteiger partial charge in [-0.1, -0.05) is 6.07 Å². The fraction of sp³-hybridized carbons (Fsp3) is 0.143. The molecule has 0 radical (unpaired) electrons. The number of hydrogen-bond acceptors (Lipinski definition) is 4. The van der Waals surface area contributed by atoms with Gasteiger partial charge in [0.1, 0.15) is 5.82 Å². The Morgan fingerprint density at radius 2 is 2.05 bits per heavy atom. The summed E-state index contributed by atoms with van der Waals surface area (Å²) in [6.07, 6.45) is 0. The molecule has 0 spiro atoms. The van der Waals surface area contributed by atoms with Crippen LogP contribution in [-0.4, -0.2) is 17.1 Å². The van der Waals surface area contributed by atoms with Crippen molar-refractivity contribution in [2.45, 2.75) is 6.61 Å². The van der Waals surface area contributed by atoms with Crippen molar-refractivity contribution in [3.05, 3.63) is 64.0 Å². The average molecular weight is 276 g/mol. The minimum atomic E-state index is -0.523. The van der Waals surface area contributed by atoms with Gasteiger partial charge in [0.05, 0.1) is 11.5 Å². The van der Waals surface area contributed by atoms with Crippen LogP contribution in [0.25, 0.3) is 0 Å². The van der Waals surface area contributed by atoms with E-state index in [1.54, 1.807) is 24.1 Å². The highest BCUT2D eigenvalue weighted by Crippen LogP contribution is 2.30. The molecule has 0 atom stereocenters. The number of benzene rings is 2. The molecule has 1 N–H and O–H groups in total. The first kappa shape index (κ1) is 14.0. The summed E-state index contributed by atoms with van der Waals surface area (Å²) < 4.78 is 13.2. The molecule has 104 valence electrons. The molecule has 0 aliphatic carbocycles. The van der Waals surface area contributed by atoms with E-state index in [1.807, 2.05) is 0 Å². The predicted octanol–water partition coefficient (Wildman–Crippen LogP) is 2.99. The van der Waals surface area contributed by atoms with Crippen LogP contribution in [0.1, 0.15) is 5.56 Å². The molecule has 0 amide bonds. The Bertz CT molecular complexity index is 646. The molecular formula is C14H13FN2O3. The summed E-state index contributed by atoms with van der Waals surface area (Å²) in [7, 11) is 1.70. The number of aliphatic hydroxyl groups excluding tert-OH is 1. The van der Waals surface area contributed by atoms with Crippen LogP contribution < -0.4 is 4.90 Å². The van der Waals surface area contributed by atoms with E-state index in [2.05, 4.69) is 0 Å². The molecule has 0 fully saturated rings. The number of nitro benzene ring substituents is 1. The van der Waals surface area contributed by atoms with Crippen molar-refractivity contribution in [2.75, 3.05) is 11.9 Å². The molecule has 2 rings (SSSR count). The molecule has 0 saturated carbocycles. The fourth-order valence-corrected chi connectivity index (χ4v) is 1.96. The van der Waals surface area contributed by atoms with Gasteiger partial charge < -0.3 is 10.0 Å². The first-order valence-corrected chi connectivity index (χ1v) is 5.90. The van der Waals surface area contributed by atoms with Crippen LogP contribution in [0.2, 0.25) is 0 Å². The molecule has 0 aliphatic heterocycles. The molecule has 20 heavy (non-hydrogen) atoms. The Morgan fingerprint density at radius 3 is 2.65 bits per heavy atom. The highest BCUT2D eigenvalue weighted by molar-refractivity contribution is 5.67. The fourth-order valence-electron chi connectivity index (χ4n) is 1.96. The second-order valence-corrected chi connectivity index (χ2v) is 4.27. The number of nitro groups is 1. The quantitative estimate of drug-likeness (QED) is 0.688. The Hall–Kier alpha value is -2.47. The van der Waals surface area contributed by atoms with Crippen LogP contribution in [0.4, 0.5) is 21.5 Å². The third-order valence-corrected chi connectivity index (χ3v) is 3.00. The highest BCUT2D eigenvalue weighted by Gasteiger charge is 2.14. The van der Waals surface area contributed by atoms with Gasteiger partial charge in [-0.2, -0.15) is 0 Å². The molecule has 2 aromatic carbocycles. The number of aliphatic hydroxyl groups is 1. The van der Waals surface area contributed by atoms with E-state index in [0.717, 1.165) is 0 Å². The lowest BCUT2D eigenvalue weighted by molar-refractivity contribution is -0.384. The molecule has 0 saturated heterocycles. The number of anilines is 2. The normalized spacial score (nSPS) is 10.3. The summed E-state index contributed by atoms with van der Waals surface area (Å²) in [5.74, 6) is -0.373. The predicted molar refractivity (Wildman–Crippen MR) is 73.5 cm³/mol. The van der Waals surface area contributed by atoms with Crippen LogP contribution in [0, 0.1) is 15.9 Å². The van der Waals surface area contributed by atoms with E-state index < -0.39 is 4.92 Å². The van der Waals surface area contributed by atoms with Gasteiger partial charge in [-0.15, -0.1) is 0 Å². The summed E-state index contributed by atoms with van der Waals surface area (Å²) in [5.41, 5.74) is 1.49. The van der Waals surface area contributed by atoms with Gasteiger partial charge in [-0.05, 0) is 24.3 Å². The van der Waals surface area contributed by atoms with Gasteiger partial charge in [0.15, 0.2) is 0 Å². The second-order valence-electron chi connectivity index (χ2n) is 4.27. The summed E-state index contributed by atoms with van der Waals surface area (Å²) in [6, 6.07) is 10.2. The minimum Gasteiger partial charge on any atom is -0.392 e. The van der Waals surface area contributed by atoms with Gasteiger partial charge in [0, 0.05) is 36.1 Å².